The van der Waals surface area contributed by atoms with Gasteiger partial charge < -0.3 is 19.3 Å². The van der Waals surface area contributed by atoms with Gasteiger partial charge in [-0.3, -0.25) is 14.5 Å². The molecule has 0 aliphatic carbocycles. The van der Waals surface area contributed by atoms with Crippen LogP contribution >= 0.6 is 11.3 Å². The van der Waals surface area contributed by atoms with Crippen molar-refractivity contribution in [1.82, 2.24) is 4.98 Å². The lowest BCUT2D eigenvalue weighted by Crippen LogP contribution is -2.29. The van der Waals surface area contributed by atoms with Gasteiger partial charge in [0.05, 0.1) is 43.2 Å². The highest BCUT2D eigenvalue weighted by molar-refractivity contribution is 7.22. The number of hydrogen-bond donors (Lipinski definition) is 1. The number of aromatic nitrogens is 1. The molecular weight excluding hydrogens is 492 g/mol. The Hall–Kier alpha value is -4.37. The zero-order valence-corrected chi connectivity index (χ0v) is 21.5. The Morgan fingerprint density at radius 3 is 2.24 bits per heavy atom. The molecule has 1 aromatic heterocycles. The lowest BCUT2D eigenvalue weighted by atomic mass is 9.94. The molecule has 3 aromatic carbocycles. The number of hydrogen-bond acceptors (Lipinski definition) is 8. The number of rotatable bonds is 6. The molecule has 8 nitrogen and oxygen atoms in total. The van der Waals surface area contributed by atoms with Crippen LogP contribution in [-0.4, -0.2) is 43.1 Å². The molecule has 188 valence electrons. The predicted molar refractivity (Wildman–Crippen MR) is 142 cm³/mol. The topological polar surface area (TPSA) is 98.2 Å². The molecular formula is C28H24N2O6S. The summed E-state index contributed by atoms with van der Waals surface area (Å²) in [7, 11) is 4.46. The molecule has 1 saturated heterocycles. The number of thiazole rings is 1. The summed E-state index contributed by atoms with van der Waals surface area (Å²) in [6.07, 6.45) is 0. The second kappa shape index (κ2) is 9.59. The first-order valence-corrected chi connectivity index (χ1v) is 12.2. The number of ketones is 1. The highest BCUT2D eigenvalue weighted by atomic mass is 32.1. The summed E-state index contributed by atoms with van der Waals surface area (Å²) in [5.41, 5.74) is 2.47. The van der Waals surface area contributed by atoms with E-state index in [2.05, 4.69) is 4.98 Å². The molecule has 1 unspecified atom stereocenters. The molecule has 4 aromatic rings. The van der Waals surface area contributed by atoms with Crippen molar-refractivity contribution in [2.75, 3.05) is 26.2 Å². The number of methoxy groups -OCH3 is 3. The van der Waals surface area contributed by atoms with Crippen molar-refractivity contribution in [3.8, 4) is 17.2 Å². The molecule has 1 atom stereocenters. The van der Waals surface area contributed by atoms with Gasteiger partial charge in [0.2, 0.25) is 0 Å². The minimum atomic E-state index is -0.942. The maximum Gasteiger partial charge on any atom is 0.301 e. The fraction of sp³-hybridized carbons (Fsp3) is 0.179. The Balaban J connectivity index is 1.77. The molecule has 0 bridgehead atoms. The Morgan fingerprint density at radius 1 is 0.946 bits per heavy atom. The first kappa shape index (κ1) is 24.3. The van der Waals surface area contributed by atoms with E-state index in [-0.39, 0.29) is 11.1 Å². The van der Waals surface area contributed by atoms with E-state index in [0.717, 1.165) is 10.3 Å². The minimum absolute atomic E-state index is 0.0894. The largest absolute Gasteiger partial charge is 0.506 e. The fourth-order valence-corrected chi connectivity index (χ4v) is 5.56. The number of aliphatic hydroxyl groups excluding tert-OH is 1. The average molecular weight is 517 g/mol. The van der Waals surface area contributed by atoms with E-state index < -0.39 is 23.5 Å². The Labute approximate surface area is 217 Å². The molecule has 1 amide bonds. The molecule has 1 fully saturated rings. The third-order valence-electron chi connectivity index (χ3n) is 6.28. The van der Waals surface area contributed by atoms with Gasteiger partial charge in [0.25, 0.3) is 5.78 Å². The van der Waals surface area contributed by atoms with E-state index in [9.17, 15) is 14.7 Å². The maximum atomic E-state index is 13.5. The summed E-state index contributed by atoms with van der Waals surface area (Å²) >= 11 is 1.31. The van der Waals surface area contributed by atoms with Gasteiger partial charge in [-0.15, -0.1) is 0 Å². The Kier molecular flexibility index (Phi) is 6.31. The molecule has 37 heavy (non-hydrogen) atoms. The quantitative estimate of drug-likeness (QED) is 0.212. The molecule has 1 aliphatic rings. The van der Waals surface area contributed by atoms with Gasteiger partial charge in [-0.1, -0.05) is 35.6 Å². The lowest BCUT2D eigenvalue weighted by molar-refractivity contribution is -0.132. The molecule has 0 radical (unpaired) electrons. The van der Waals surface area contributed by atoms with E-state index in [4.69, 9.17) is 14.2 Å². The SMILES string of the molecule is COc1ccc(C2/C(=C(\O)c3c(OC)cccc3OC)C(=O)C(=O)N2c2nc3ccc(C)cc3s2)cc1. The van der Waals surface area contributed by atoms with Crippen LogP contribution in [0.1, 0.15) is 22.7 Å². The number of ether oxygens (including phenoxy) is 3. The normalized spacial score (nSPS) is 16.9. The number of amides is 1. The highest BCUT2D eigenvalue weighted by Crippen LogP contribution is 2.46. The van der Waals surface area contributed by atoms with Gasteiger partial charge in [-0.25, -0.2) is 4.98 Å². The van der Waals surface area contributed by atoms with Crippen LogP contribution in [0.4, 0.5) is 5.13 Å². The summed E-state index contributed by atoms with van der Waals surface area (Å²) in [4.78, 5) is 33.1. The fourth-order valence-electron chi connectivity index (χ4n) is 4.47. The number of Topliss-reactive ketones (excluding diaryl/α,β-unsaturated/α-hetero) is 1. The molecule has 9 heteroatoms. The second-order valence-corrected chi connectivity index (χ2v) is 9.46. The van der Waals surface area contributed by atoms with Crippen LogP contribution < -0.4 is 19.1 Å². The zero-order valence-electron chi connectivity index (χ0n) is 20.6. The van der Waals surface area contributed by atoms with Crippen LogP contribution in [-0.2, 0) is 9.59 Å². The van der Waals surface area contributed by atoms with Gasteiger partial charge in [-0.05, 0) is 54.4 Å². The van der Waals surface area contributed by atoms with Crippen LogP contribution in [0, 0.1) is 6.92 Å². The van der Waals surface area contributed by atoms with Gasteiger partial charge in [0, 0.05) is 0 Å². The van der Waals surface area contributed by atoms with Crippen molar-refractivity contribution >= 4 is 44.1 Å². The van der Waals surface area contributed by atoms with Gasteiger partial charge in [0.15, 0.2) is 5.13 Å². The monoisotopic (exact) mass is 516 g/mol. The minimum Gasteiger partial charge on any atom is -0.506 e. The van der Waals surface area contributed by atoms with Crippen molar-refractivity contribution in [2.45, 2.75) is 13.0 Å². The van der Waals surface area contributed by atoms with Gasteiger partial charge in [-0.2, -0.15) is 0 Å². The van der Waals surface area contributed by atoms with Crippen molar-refractivity contribution in [3.63, 3.8) is 0 Å². The van der Waals surface area contributed by atoms with Crippen LogP contribution in [0.5, 0.6) is 17.2 Å². The van der Waals surface area contributed by atoms with Crippen LogP contribution in [0.2, 0.25) is 0 Å². The smallest absolute Gasteiger partial charge is 0.301 e. The van der Waals surface area contributed by atoms with E-state index in [1.165, 1.54) is 30.5 Å². The van der Waals surface area contributed by atoms with Crippen LogP contribution in [0.3, 0.4) is 0 Å². The third kappa shape index (κ3) is 4.07. The number of fused-ring (bicyclic) bond motifs is 1. The van der Waals surface area contributed by atoms with Crippen molar-refractivity contribution in [3.05, 3.63) is 82.9 Å². The first-order chi connectivity index (χ1) is 17.9. The van der Waals surface area contributed by atoms with Crippen molar-refractivity contribution in [2.24, 2.45) is 0 Å². The molecule has 0 saturated carbocycles. The van der Waals surface area contributed by atoms with Crippen LogP contribution in [0.25, 0.3) is 16.0 Å². The van der Waals surface area contributed by atoms with Gasteiger partial charge >= 0.3 is 5.91 Å². The summed E-state index contributed by atoms with van der Waals surface area (Å²) in [5.74, 6) is -0.803. The molecule has 1 N–H and O–H groups in total. The number of carbonyl (C=O) groups excluding carboxylic acids is 2. The Morgan fingerprint density at radius 2 is 1.62 bits per heavy atom. The summed E-state index contributed by atoms with van der Waals surface area (Å²) < 4.78 is 17.1. The molecule has 5 rings (SSSR count). The standard InChI is InChI=1S/C28H24N2O6S/c1-15-8-13-18-21(14-15)37-28(29-18)30-24(16-9-11-17(34-2)12-10-16)23(26(32)27(30)33)25(31)22-19(35-3)6-5-7-20(22)36-4/h5-14,24,31H,1-4H3/b25-23+. The number of benzene rings is 3. The van der Waals surface area contributed by atoms with E-state index in [1.807, 2.05) is 25.1 Å². The number of aryl methyl sites for hydroxylation is 1. The lowest BCUT2D eigenvalue weighted by Gasteiger charge is -2.23. The number of aliphatic hydroxyl groups is 1. The number of anilines is 1. The summed E-state index contributed by atoms with van der Waals surface area (Å²) in [5, 5.41) is 11.9. The van der Waals surface area contributed by atoms with Crippen molar-refractivity contribution < 1.29 is 28.9 Å². The third-order valence-corrected chi connectivity index (χ3v) is 7.30. The Bertz CT molecular complexity index is 1530. The summed E-state index contributed by atoms with van der Waals surface area (Å²) in [6, 6.07) is 16.8. The van der Waals surface area contributed by atoms with E-state index in [0.29, 0.717) is 33.5 Å². The summed E-state index contributed by atoms with van der Waals surface area (Å²) in [6.45, 7) is 1.98. The highest BCUT2D eigenvalue weighted by Gasteiger charge is 2.48. The van der Waals surface area contributed by atoms with E-state index in [1.54, 1.807) is 49.6 Å². The first-order valence-electron chi connectivity index (χ1n) is 11.4. The average Bonchev–Trinajstić information content (AvgIpc) is 3.45. The molecule has 2 heterocycles. The zero-order chi connectivity index (χ0) is 26.3. The van der Waals surface area contributed by atoms with Gasteiger partial charge in [0.1, 0.15) is 28.6 Å². The second-order valence-electron chi connectivity index (χ2n) is 8.45. The van der Waals surface area contributed by atoms with Crippen molar-refractivity contribution in [1.29, 1.82) is 0 Å². The number of nitrogens with zero attached hydrogens (tertiary/aromatic N) is 2. The maximum absolute atomic E-state index is 13.5. The molecule has 1 aliphatic heterocycles. The van der Waals surface area contributed by atoms with Crippen LogP contribution in [0.15, 0.2) is 66.2 Å². The van der Waals surface area contributed by atoms with E-state index >= 15 is 0 Å². The number of carbonyl (C=O) groups is 2. The predicted octanol–water partition coefficient (Wildman–Crippen LogP) is 5.26. The molecule has 0 spiro atoms.